The van der Waals surface area contributed by atoms with Crippen LogP contribution in [0.3, 0.4) is 0 Å². The largest absolute Gasteiger partial charge is 0.490 e. The van der Waals surface area contributed by atoms with Crippen molar-refractivity contribution in [2.45, 2.75) is 19.8 Å². The fraction of sp³-hybridized carbons (Fsp3) is 0.381. The number of para-hydroxylation sites is 1. The van der Waals surface area contributed by atoms with E-state index in [1.807, 2.05) is 36.4 Å². The van der Waals surface area contributed by atoms with E-state index in [9.17, 15) is 4.79 Å². The highest BCUT2D eigenvalue weighted by Gasteiger charge is 2.18. The average Bonchev–Trinajstić information content (AvgIpc) is 2.63. The number of carbonyl (C=O) groups excluding carboxylic acids is 1. The van der Waals surface area contributed by atoms with Gasteiger partial charge in [0.1, 0.15) is 12.4 Å². The van der Waals surface area contributed by atoms with Crippen molar-refractivity contribution in [2.24, 2.45) is 5.92 Å². The standard InChI is InChI=1S/C21H27NO3/c1-16(2)19(17-9-5-4-6-10-17)15-22-21(23)18-11-7-8-12-20(18)25-14-13-24-3/h4-12,16,19H,13-15H2,1-3H3,(H,22,23). The lowest BCUT2D eigenvalue weighted by Gasteiger charge is -2.22. The van der Waals surface area contributed by atoms with Gasteiger partial charge in [-0.25, -0.2) is 0 Å². The molecule has 0 heterocycles. The van der Waals surface area contributed by atoms with Crippen molar-refractivity contribution in [3.05, 3.63) is 65.7 Å². The third-order valence-electron chi connectivity index (χ3n) is 4.19. The van der Waals surface area contributed by atoms with Crippen LogP contribution in [0.2, 0.25) is 0 Å². The molecule has 134 valence electrons. The molecule has 0 aromatic heterocycles. The van der Waals surface area contributed by atoms with Crippen molar-refractivity contribution in [3.63, 3.8) is 0 Å². The number of hydrogen-bond donors (Lipinski definition) is 1. The molecular weight excluding hydrogens is 314 g/mol. The normalized spacial score (nSPS) is 12.0. The second kappa shape index (κ2) is 9.84. The third kappa shape index (κ3) is 5.61. The zero-order valence-corrected chi connectivity index (χ0v) is 15.2. The van der Waals surface area contributed by atoms with E-state index in [4.69, 9.17) is 9.47 Å². The Morgan fingerprint density at radius 2 is 1.68 bits per heavy atom. The van der Waals surface area contributed by atoms with E-state index in [0.29, 0.717) is 37.0 Å². The van der Waals surface area contributed by atoms with Gasteiger partial charge in [0.2, 0.25) is 0 Å². The molecule has 0 fully saturated rings. The van der Waals surface area contributed by atoms with E-state index < -0.39 is 0 Å². The number of nitrogens with one attached hydrogen (secondary N) is 1. The minimum atomic E-state index is -0.116. The lowest BCUT2D eigenvalue weighted by Crippen LogP contribution is -2.30. The summed E-state index contributed by atoms with van der Waals surface area (Å²) in [5.74, 6) is 1.16. The molecule has 2 aromatic carbocycles. The van der Waals surface area contributed by atoms with Gasteiger partial charge >= 0.3 is 0 Å². The molecule has 1 N–H and O–H groups in total. The highest BCUT2D eigenvalue weighted by atomic mass is 16.5. The van der Waals surface area contributed by atoms with Gasteiger partial charge in [-0.1, -0.05) is 56.3 Å². The molecule has 4 nitrogen and oxygen atoms in total. The van der Waals surface area contributed by atoms with Crippen molar-refractivity contribution in [3.8, 4) is 5.75 Å². The quantitative estimate of drug-likeness (QED) is 0.704. The van der Waals surface area contributed by atoms with E-state index in [2.05, 4.69) is 31.3 Å². The molecule has 2 aromatic rings. The Balaban J connectivity index is 2.04. The maximum absolute atomic E-state index is 12.6. The summed E-state index contributed by atoms with van der Waals surface area (Å²) in [7, 11) is 1.62. The molecular formula is C21H27NO3. The zero-order valence-electron chi connectivity index (χ0n) is 15.2. The van der Waals surface area contributed by atoms with Crippen LogP contribution in [-0.4, -0.2) is 32.8 Å². The van der Waals surface area contributed by atoms with Gasteiger partial charge in [-0.05, 0) is 23.6 Å². The molecule has 0 aliphatic heterocycles. The Bertz CT molecular complexity index is 655. The highest BCUT2D eigenvalue weighted by molar-refractivity contribution is 5.96. The van der Waals surface area contributed by atoms with Gasteiger partial charge in [-0.3, -0.25) is 4.79 Å². The number of carbonyl (C=O) groups is 1. The summed E-state index contributed by atoms with van der Waals surface area (Å²) < 4.78 is 10.6. The van der Waals surface area contributed by atoms with E-state index in [-0.39, 0.29) is 11.8 Å². The Kier molecular flexibility index (Phi) is 7.48. The minimum Gasteiger partial charge on any atom is -0.490 e. The summed E-state index contributed by atoms with van der Waals surface area (Å²) in [6, 6.07) is 17.6. The Hall–Kier alpha value is -2.33. The Morgan fingerprint density at radius 3 is 2.36 bits per heavy atom. The lowest BCUT2D eigenvalue weighted by molar-refractivity contribution is 0.0941. The van der Waals surface area contributed by atoms with Crippen LogP contribution in [-0.2, 0) is 4.74 Å². The first-order valence-electron chi connectivity index (χ1n) is 8.67. The van der Waals surface area contributed by atoms with E-state index in [1.54, 1.807) is 13.2 Å². The van der Waals surface area contributed by atoms with Gasteiger partial charge in [-0.15, -0.1) is 0 Å². The smallest absolute Gasteiger partial charge is 0.255 e. The molecule has 0 radical (unpaired) electrons. The van der Waals surface area contributed by atoms with Crippen LogP contribution in [0.25, 0.3) is 0 Å². The first-order valence-corrected chi connectivity index (χ1v) is 8.67. The second-order valence-corrected chi connectivity index (χ2v) is 6.31. The summed E-state index contributed by atoms with van der Waals surface area (Å²) in [6.07, 6.45) is 0. The highest BCUT2D eigenvalue weighted by Crippen LogP contribution is 2.24. The number of rotatable bonds is 9. The van der Waals surface area contributed by atoms with Gasteiger partial charge < -0.3 is 14.8 Å². The average molecular weight is 341 g/mol. The van der Waals surface area contributed by atoms with E-state index in [0.717, 1.165) is 0 Å². The SMILES string of the molecule is COCCOc1ccccc1C(=O)NCC(c1ccccc1)C(C)C. The molecule has 0 saturated heterocycles. The van der Waals surface area contributed by atoms with Crippen molar-refractivity contribution in [2.75, 3.05) is 26.9 Å². The van der Waals surface area contributed by atoms with Gasteiger partial charge in [-0.2, -0.15) is 0 Å². The molecule has 1 unspecified atom stereocenters. The first-order chi connectivity index (χ1) is 12.1. The number of hydrogen-bond acceptors (Lipinski definition) is 3. The Morgan fingerprint density at radius 1 is 1.00 bits per heavy atom. The number of benzene rings is 2. The monoisotopic (exact) mass is 341 g/mol. The van der Waals surface area contributed by atoms with Crippen molar-refractivity contribution >= 4 is 5.91 Å². The molecule has 0 aliphatic carbocycles. The number of ether oxygens (including phenoxy) is 2. The van der Waals surface area contributed by atoms with Crippen molar-refractivity contribution in [1.29, 1.82) is 0 Å². The molecule has 0 spiro atoms. The molecule has 4 heteroatoms. The fourth-order valence-corrected chi connectivity index (χ4v) is 2.75. The lowest BCUT2D eigenvalue weighted by atomic mass is 9.88. The van der Waals surface area contributed by atoms with Gasteiger partial charge in [0.25, 0.3) is 5.91 Å². The van der Waals surface area contributed by atoms with Crippen LogP contribution in [0.1, 0.15) is 35.7 Å². The first kappa shape index (κ1) is 19.0. The van der Waals surface area contributed by atoms with E-state index in [1.165, 1.54) is 5.56 Å². The van der Waals surface area contributed by atoms with Gasteiger partial charge in [0.15, 0.2) is 0 Å². The summed E-state index contributed by atoms with van der Waals surface area (Å²) in [5.41, 5.74) is 1.79. The molecule has 0 aliphatic rings. The summed E-state index contributed by atoms with van der Waals surface area (Å²) >= 11 is 0. The zero-order chi connectivity index (χ0) is 18.1. The van der Waals surface area contributed by atoms with Crippen LogP contribution in [0.15, 0.2) is 54.6 Å². The topological polar surface area (TPSA) is 47.6 Å². The maximum atomic E-state index is 12.6. The van der Waals surface area contributed by atoms with Crippen molar-refractivity contribution in [1.82, 2.24) is 5.32 Å². The molecule has 0 saturated carbocycles. The van der Waals surface area contributed by atoms with Crippen LogP contribution in [0, 0.1) is 5.92 Å². The van der Waals surface area contributed by atoms with Gasteiger partial charge in [0.05, 0.1) is 12.2 Å². The minimum absolute atomic E-state index is 0.116. The maximum Gasteiger partial charge on any atom is 0.255 e. The molecule has 0 bridgehead atoms. The number of amides is 1. The van der Waals surface area contributed by atoms with Crippen molar-refractivity contribution < 1.29 is 14.3 Å². The molecule has 1 atom stereocenters. The van der Waals surface area contributed by atoms with Gasteiger partial charge in [0, 0.05) is 19.6 Å². The second-order valence-electron chi connectivity index (χ2n) is 6.31. The summed E-state index contributed by atoms with van der Waals surface area (Å²) in [5, 5.41) is 3.06. The predicted molar refractivity (Wildman–Crippen MR) is 100 cm³/mol. The van der Waals surface area contributed by atoms with Crippen LogP contribution >= 0.6 is 0 Å². The van der Waals surface area contributed by atoms with Crippen LogP contribution in [0.5, 0.6) is 5.75 Å². The molecule has 25 heavy (non-hydrogen) atoms. The van der Waals surface area contributed by atoms with E-state index >= 15 is 0 Å². The molecule has 2 rings (SSSR count). The summed E-state index contributed by atoms with van der Waals surface area (Å²) in [6.45, 7) is 5.84. The van der Waals surface area contributed by atoms with Crippen LogP contribution in [0.4, 0.5) is 0 Å². The third-order valence-corrected chi connectivity index (χ3v) is 4.19. The molecule has 1 amide bonds. The number of methoxy groups -OCH3 is 1. The predicted octanol–water partition coefficient (Wildman–Crippen LogP) is 3.88. The fourth-order valence-electron chi connectivity index (χ4n) is 2.75. The van der Waals surface area contributed by atoms with Crippen LogP contribution < -0.4 is 10.1 Å². The Labute approximate surface area is 150 Å². The summed E-state index contributed by atoms with van der Waals surface area (Å²) in [4.78, 5) is 12.6.